The minimum absolute atomic E-state index is 0.0543. The lowest BCUT2D eigenvalue weighted by atomic mass is 9.75. The summed E-state index contributed by atoms with van der Waals surface area (Å²) in [6, 6.07) is 0.198. The molecule has 1 fully saturated rings. The number of aliphatic carboxylic acids is 1. The molecule has 1 saturated carbocycles. The summed E-state index contributed by atoms with van der Waals surface area (Å²) in [7, 11) is 0. The summed E-state index contributed by atoms with van der Waals surface area (Å²) >= 11 is 0. The highest BCUT2D eigenvalue weighted by Crippen LogP contribution is 2.32. The maximum atomic E-state index is 12.2. The third-order valence-corrected chi connectivity index (χ3v) is 5.07. The molecule has 0 aliphatic heterocycles. The van der Waals surface area contributed by atoms with E-state index in [9.17, 15) is 14.7 Å². The van der Waals surface area contributed by atoms with Crippen LogP contribution in [0.5, 0.6) is 0 Å². The van der Waals surface area contributed by atoms with Gasteiger partial charge in [-0.1, -0.05) is 27.7 Å². The van der Waals surface area contributed by atoms with Crippen LogP contribution >= 0.6 is 0 Å². The molecule has 0 heterocycles. The van der Waals surface area contributed by atoms with Gasteiger partial charge in [0, 0.05) is 12.5 Å². The van der Waals surface area contributed by atoms with Crippen molar-refractivity contribution in [2.75, 3.05) is 0 Å². The molecule has 0 saturated heterocycles. The maximum Gasteiger partial charge on any atom is 0.310 e. The average Bonchev–Trinajstić information content (AvgIpc) is 2.32. The summed E-state index contributed by atoms with van der Waals surface area (Å²) < 4.78 is 0. The summed E-state index contributed by atoms with van der Waals surface area (Å²) in [5.41, 5.74) is -0.991. The Morgan fingerprint density at radius 3 is 2.35 bits per heavy atom. The van der Waals surface area contributed by atoms with Crippen LogP contribution in [0, 0.1) is 23.2 Å². The van der Waals surface area contributed by atoms with Crippen LogP contribution < -0.4 is 5.32 Å². The van der Waals surface area contributed by atoms with Gasteiger partial charge in [0.15, 0.2) is 0 Å². The van der Waals surface area contributed by atoms with Crippen LogP contribution in [0.15, 0.2) is 0 Å². The molecule has 4 atom stereocenters. The largest absolute Gasteiger partial charge is 0.481 e. The molecule has 1 rings (SSSR count). The van der Waals surface area contributed by atoms with Crippen molar-refractivity contribution in [1.29, 1.82) is 0 Å². The topological polar surface area (TPSA) is 66.4 Å². The number of rotatable bonds is 5. The van der Waals surface area contributed by atoms with Crippen molar-refractivity contribution in [3.8, 4) is 0 Å². The summed E-state index contributed by atoms with van der Waals surface area (Å²) in [5, 5.41) is 12.4. The first-order chi connectivity index (χ1) is 9.16. The zero-order chi connectivity index (χ0) is 15.5. The molecule has 1 aliphatic carbocycles. The van der Waals surface area contributed by atoms with Crippen molar-refractivity contribution >= 4 is 11.9 Å². The fourth-order valence-electron chi connectivity index (χ4n) is 3.00. The van der Waals surface area contributed by atoms with Gasteiger partial charge in [-0.25, -0.2) is 0 Å². The lowest BCUT2D eigenvalue weighted by Gasteiger charge is -2.34. The fourth-order valence-corrected chi connectivity index (χ4v) is 3.00. The van der Waals surface area contributed by atoms with Crippen molar-refractivity contribution in [1.82, 2.24) is 5.32 Å². The SMILES string of the molecule is CC1CCC(NC(=O)CC(C)(C(=O)O)C(C)C)C(C)C1. The van der Waals surface area contributed by atoms with Gasteiger partial charge in [-0.3, -0.25) is 9.59 Å². The second-order valence-corrected chi connectivity index (χ2v) is 7.12. The molecule has 0 aromatic heterocycles. The van der Waals surface area contributed by atoms with Gasteiger partial charge in [0.1, 0.15) is 0 Å². The Kier molecular flexibility index (Phi) is 5.60. The number of carboxylic acids is 1. The quantitative estimate of drug-likeness (QED) is 0.815. The first-order valence-corrected chi connectivity index (χ1v) is 7.69. The highest BCUT2D eigenvalue weighted by Gasteiger charge is 2.39. The number of amides is 1. The van der Waals surface area contributed by atoms with Gasteiger partial charge < -0.3 is 10.4 Å². The molecule has 1 amide bonds. The van der Waals surface area contributed by atoms with Crippen LogP contribution in [-0.2, 0) is 9.59 Å². The molecule has 4 heteroatoms. The number of hydrogen-bond donors (Lipinski definition) is 2. The van der Waals surface area contributed by atoms with Crippen LogP contribution in [0.4, 0.5) is 0 Å². The normalized spacial score (nSPS) is 29.8. The molecule has 0 bridgehead atoms. The Balaban J connectivity index is 2.61. The molecule has 2 N–H and O–H groups in total. The highest BCUT2D eigenvalue weighted by molar-refractivity contribution is 5.85. The number of nitrogens with one attached hydrogen (secondary N) is 1. The van der Waals surface area contributed by atoms with Gasteiger partial charge in [-0.2, -0.15) is 0 Å². The van der Waals surface area contributed by atoms with Gasteiger partial charge in [-0.15, -0.1) is 0 Å². The molecular weight excluding hydrogens is 254 g/mol. The van der Waals surface area contributed by atoms with Gasteiger partial charge in [-0.05, 0) is 43.9 Å². The molecule has 4 nitrogen and oxygen atoms in total. The molecule has 0 radical (unpaired) electrons. The monoisotopic (exact) mass is 283 g/mol. The second-order valence-electron chi connectivity index (χ2n) is 7.12. The van der Waals surface area contributed by atoms with Gasteiger partial charge >= 0.3 is 5.97 Å². The molecule has 0 aromatic rings. The predicted octanol–water partition coefficient (Wildman–Crippen LogP) is 3.06. The molecule has 0 aromatic carbocycles. The Morgan fingerprint density at radius 2 is 1.90 bits per heavy atom. The van der Waals surface area contributed by atoms with Crippen molar-refractivity contribution in [2.45, 2.75) is 66.3 Å². The van der Waals surface area contributed by atoms with E-state index in [1.165, 1.54) is 0 Å². The van der Waals surface area contributed by atoms with Crippen LogP contribution in [0.2, 0.25) is 0 Å². The number of carbonyl (C=O) groups is 2. The first kappa shape index (κ1) is 17.0. The average molecular weight is 283 g/mol. The molecule has 0 spiro atoms. The highest BCUT2D eigenvalue weighted by atomic mass is 16.4. The molecule has 4 unspecified atom stereocenters. The van der Waals surface area contributed by atoms with E-state index >= 15 is 0 Å². The first-order valence-electron chi connectivity index (χ1n) is 7.69. The van der Waals surface area contributed by atoms with Gasteiger partial charge in [0.2, 0.25) is 5.91 Å². The standard InChI is InChI=1S/C16H29NO3/c1-10(2)16(5,15(19)20)9-14(18)17-13-7-6-11(3)8-12(13)4/h10-13H,6-9H2,1-5H3,(H,17,18)(H,19,20). The van der Waals surface area contributed by atoms with E-state index < -0.39 is 11.4 Å². The van der Waals surface area contributed by atoms with E-state index in [4.69, 9.17) is 0 Å². The van der Waals surface area contributed by atoms with Crippen molar-refractivity contribution in [3.63, 3.8) is 0 Å². The lowest BCUT2D eigenvalue weighted by Crippen LogP contribution is -2.46. The summed E-state index contributed by atoms with van der Waals surface area (Å²) in [4.78, 5) is 23.6. The van der Waals surface area contributed by atoms with E-state index in [1.807, 2.05) is 13.8 Å². The van der Waals surface area contributed by atoms with E-state index in [0.717, 1.165) is 25.2 Å². The lowest BCUT2D eigenvalue weighted by molar-refractivity contribution is -0.153. The predicted molar refractivity (Wildman–Crippen MR) is 79.3 cm³/mol. The van der Waals surface area contributed by atoms with Crippen LogP contribution in [-0.4, -0.2) is 23.0 Å². The van der Waals surface area contributed by atoms with E-state index in [-0.39, 0.29) is 24.3 Å². The number of carbonyl (C=O) groups excluding carboxylic acids is 1. The molecule has 116 valence electrons. The summed E-state index contributed by atoms with van der Waals surface area (Å²) in [5.74, 6) is 0.0912. The van der Waals surface area contributed by atoms with Gasteiger partial charge in [0.25, 0.3) is 0 Å². The third-order valence-electron chi connectivity index (χ3n) is 5.07. The molecule has 1 aliphatic rings. The smallest absolute Gasteiger partial charge is 0.310 e. The fraction of sp³-hybridized carbons (Fsp3) is 0.875. The zero-order valence-electron chi connectivity index (χ0n) is 13.4. The van der Waals surface area contributed by atoms with Crippen molar-refractivity contribution in [2.24, 2.45) is 23.2 Å². The second kappa shape index (κ2) is 6.59. The minimum atomic E-state index is -0.991. The Bertz CT molecular complexity index is 367. The Morgan fingerprint density at radius 1 is 1.30 bits per heavy atom. The van der Waals surface area contributed by atoms with E-state index in [0.29, 0.717) is 5.92 Å². The van der Waals surface area contributed by atoms with E-state index in [1.54, 1.807) is 6.92 Å². The Hall–Kier alpha value is -1.06. The summed E-state index contributed by atoms with van der Waals surface area (Å²) in [6.07, 6.45) is 3.32. The number of hydrogen-bond acceptors (Lipinski definition) is 2. The Labute approximate surface area is 122 Å². The van der Waals surface area contributed by atoms with Crippen molar-refractivity contribution in [3.05, 3.63) is 0 Å². The summed E-state index contributed by atoms with van der Waals surface area (Å²) in [6.45, 7) is 9.78. The maximum absolute atomic E-state index is 12.2. The van der Waals surface area contributed by atoms with E-state index in [2.05, 4.69) is 19.2 Å². The van der Waals surface area contributed by atoms with Gasteiger partial charge in [0.05, 0.1) is 5.41 Å². The van der Waals surface area contributed by atoms with Crippen LogP contribution in [0.1, 0.15) is 60.3 Å². The zero-order valence-corrected chi connectivity index (χ0v) is 13.4. The van der Waals surface area contributed by atoms with Crippen LogP contribution in [0.25, 0.3) is 0 Å². The molecule has 20 heavy (non-hydrogen) atoms. The van der Waals surface area contributed by atoms with Crippen molar-refractivity contribution < 1.29 is 14.7 Å². The third kappa shape index (κ3) is 3.97. The minimum Gasteiger partial charge on any atom is -0.481 e. The number of carboxylic acid groups (broad SMARTS) is 1. The molecular formula is C16H29NO3. The van der Waals surface area contributed by atoms with Crippen LogP contribution in [0.3, 0.4) is 0 Å².